The Morgan fingerprint density at radius 3 is 2.35 bits per heavy atom. The van der Waals surface area contributed by atoms with Gasteiger partial charge in [-0.25, -0.2) is 0 Å². The quantitative estimate of drug-likeness (QED) is 0.547. The highest BCUT2D eigenvalue weighted by Crippen LogP contribution is 2.45. The molecule has 166 valence electrons. The van der Waals surface area contributed by atoms with Crippen LogP contribution in [-0.4, -0.2) is 44.5 Å². The molecule has 2 aliphatic rings. The van der Waals surface area contributed by atoms with E-state index in [1.54, 1.807) is 25.2 Å². The molecule has 1 aliphatic carbocycles. The van der Waals surface area contributed by atoms with Crippen molar-refractivity contribution in [2.75, 3.05) is 25.0 Å². The minimum absolute atomic E-state index is 0.0305. The smallest absolute Gasteiger partial charge is 0.405 e. The Hall–Kier alpha value is -2.90. The number of ether oxygens (including phenoxy) is 1. The molecule has 0 aromatic heterocycles. The summed E-state index contributed by atoms with van der Waals surface area (Å²) in [6.45, 7) is 1.93. The van der Waals surface area contributed by atoms with E-state index in [0.29, 0.717) is 17.6 Å². The topological polar surface area (TPSA) is 48.9 Å². The fraction of sp³-hybridized carbons (Fsp3) is 0.435. The van der Waals surface area contributed by atoms with E-state index >= 15 is 0 Å². The van der Waals surface area contributed by atoms with Crippen LogP contribution in [0.1, 0.15) is 30.7 Å². The molecule has 2 aromatic rings. The summed E-state index contributed by atoms with van der Waals surface area (Å²) in [4.78, 5) is 6.70. The molecule has 0 spiro atoms. The molecule has 2 N–H and O–H groups in total. The first-order valence-electron chi connectivity index (χ1n) is 10.6. The molecule has 0 radical (unpaired) electrons. The summed E-state index contributed by atoms with van der Waals surface area (Å²) in [6, 6.07) is 17.1. The number of benzene rings is 2. The number of aliphatic imine (C=N–C) groups is 1. The zero-order chi connectivity index (χ0) is 21.8. The van der Waals surface area contributed by atoms with E-state index in [4.69, 9.17) is 0 Å². The number of halogens is 3. The van der Waals surface area contributed by atoms with E-state index in [9.17, 15) is 13.2 Å². The normalized spacial score (nSPS) is 22.2. The summed E-state index contributed by atoms with van der Waals surface area (Å²) in [6.07, 6.45) is -1.97. The molecule has 31 heavy (non-hydrogen) atoms. The average Bonchev–Trinajstić information content (AvgIpc) is 3.52. The Balaban J connectivity index is 1.29. The van der Waals surface area contributed by atoms with Crippen molar-refractivity contribution in [1.29, 1.82) is 0 Å². The third kappa shape index (κ3) is 5.62. The number of anilines is 1. The first-order valence-corrected chi connectivity index (χ1v) is 10.6. The lowest BCUT2D eigenvalue weighted by Gasteiger charge is -2.34. The van der Waals surface area contributed by atoms with E-state index in [1.165, 1.54) is 11.8 Å². The standard InChI is InChI=1S/C23H27F3N4O/c1-27-22(28-16-11-13-30(14-12-16)17-7-3-2-4-8-17)29-20-15-19(20)18-9-5-6-10-21(18)31-23(24,25)26/h2-10,16,19-20H,11-15H2,1H3,(H2,27,28,29). The molecule has 1 aliphatic heterocycles. The van der Waals surface area contributed by atoms with Crippen molar-refractivity contribution in [3.63, 3.8) is 0 Å². The van der Waals surface area contributed by atoms with Crippen LogP contribution < -0.4 is 20.3 Å². The molecule has 2 aromatic carbocycles. The van der Waals surface area contributed by atoms with Gasteiger partial charge in [0.1, 0.15) is 5.75 Å². The second-order valence-electron chi connectivity index (χ2n) is 7.99. The lowest BCUT2D eigenvalue weighted by Crippen LogP contribution is -2.49. The molecule has 0 bridgehead atoms. The monoisotopic (exact) mass is 432 g/mol. The van der Waals surface area contributed by atoms with Gasteiger partial charge in [0.2, 0.25) is 0 Å². The second kappa shape index (κ2) is 9.08. The van der Waals surface area contributed by atoms with Crippen LogP contribution in [0.3, 0.4) is 0 Å². The minimum Gasteiger partial charge on any atom is -0.405 e. The summed E-state index contributed by atoms with van der Waals surface area (Å²) in [5, 5.41) is 6.83. The van der Waals surface area contributed by atoms with Crippen LogP contribution in [0.2, 0.25) is 0 Å². The highest BCUT2D eigenvalue weighted by Gasteiger charge is 2.42. The van der Waals surface area contributed by atoms with Gasteiger partial charge in [0, 0.05) is 43.8 Å². The minimum atomic E-state index is -4.69. The van der Waals surface area contributed by atoms with Gasteiger partial charge in [-0.1, -0.05) is 36.4 Å². The number of rotatable bonds is 5. The van der Waals surface area contributed by atoms with Gasteiger partial charge in [-0.05, 0) is 43.0 Å². The van der Waals surface area contributed by atoms with Crippen molar-refractivity contribution in [3.05, 3.63) is 60.2 Å². The number of alkyl halides is 3. The summed E-state index contributed by atoms with van der Waals surface area (Å²) in [5.41, 5.74) is 1.81. The fourth-order valence-electron chi connectivity index (χ4n) is 4.16. The van der Waals surface area contributed by atoms with E-state index in [-0.39, 0.29) is 17.7 Å². The first-order chi connectivity index (χ1) is 14.9. The maximum absolute atomic E-state index is 12.7. The molecular weight excluding hydrogens is 405 g/mol. The van der Waals surface area contributed by atoms with Crippen LogP contribution in [0.4, 0.5) is 18.9 Å². The molecule has 2 fully saturated rings. The van der Waals surface area contributed by atoms with Crippen LogP contribution >= 0.6 is 0 Å². The Kier molecular flexibility index (Phi) is 6.25. The van der Waals surface area contributed by atoms with Crippen molar-refractivity contribution in [2.45, 2.75) is 43.6 Å². The molecule has 2 atom stereocenters. The lowest BCUT2D eigenvalue weighted by molar-refractivity contribution is -0.274. The number of para-hydroxylation sites is 2. The lowest BCUT2D eigenvalue weighted by atomic mass is 10.0. The Morgan fingerprint density at radius 2 is 1.68 bits per heavy atom. The van der Waals surface area contributed by atoms with Gasteiger partial charge in [0.15, 0.2) is 5.96 Å². The number of piperidine rings is 1. The SMILES string of the molecule is CN=C(NC1CCN(c2ccccc2)CC1)NC1CC1c1ccccc1OC(F)(F)F. The Bertz CT molecular complexity index is 895. The van der Waals surface area contributed by atoms with Crippen LogP contribution in [0.25, 0.3) is 0 Å². The average molecular weight is 432 g/mol. The zero-order valence-corrected chi connectivity index (χ0v) is 17.4. The molecule has 2 unspecified atom stereocenters. The van der Waals surface area contributed by atoms with Gasteiger partial charge in [0.25, 0.3) is 0 Å². The molecule has 5 nitrogen and oxygen atoms in total. The summed E-state index contributed by atoms with van der Waals surface area (Å²) >= 11 is 0. The van der Waals surface area contributed by atoms with Crippen LogP contribution in [0.5, 0.6) is 5.75 Å². The van der Waals surface area contributed by atoms with Crippen LogP contribution in [0, 0.1) is 0 Å². The highest BCUT2D eigenvalue weighted by atomic mass is 19.4. The Morgan fingerprint density at radius 1 is 1.00 bits per heavy atom. The van der Waals surface area contributed by atoms with Gasteiger partial charge in [0.05, 0.1) is 0 Å². The summed E-state index contributed by atoms with van der Waals surface area (Å²) in [7, 11) is 1.71. The number of guanidine groups is 1. The molecule has 8 heteroatoms. The molecular formula is C23H27F3N4O. The summed E-state index contributed by atoms with van der Waals surface area (Å²) in [5.74, 6) is 0.539. The van der Waals surface area contributed by atoms with E-state index < -0.39 is 6.36 Å². The van der Waals surface area contributed by atoms with Crippen LogP contribution in [-0.2, 0) is 0 Å². The van der Waals surface area contributed by atoms with Crippen molar-refractivity contribution in [1.82, 2.24) is 10.6 Å². The molecule has 0 amide bonds. The maximum Gasteiger partial charge on any atom is 0.573 e. The predicted molar refractivity (Wildman–Crippen MR) is 116 cm³/mol. The molecule has 4 rings (SSSR count). The second-order valence-corrected chi connectivity index (χ2v) is 7.99. The largest absolute Gasteiger partial charge is 0.573 e. The van der Waals surface area contributed by atoms with E-state index in [0.717, 1.165) is 32.4 Å². The number of nitrogens with one attached hydrogen (secondary N) is 2. The predicted octanol–water partition coefficient (Wildman–Crippen LogP) is 4.28. The third-order valence-electron chi connectivity index (χ3n) is 5.84. The van der Waals surface area contributed by atoms with Gasteiger partial charge in [-0.15, -0.1) is 13.2 Å². The zero-order valence-electron chi connectivity index (χ0n) is 17.4. The van der Waals surface area contributed by atoms with Crippen molar-refractivity contribution in [2.24, 2.45) is 4.99 Å². The van der Waals surface area contributed by atoms with Gasteiger partial charge < -0.3 is 20.3 Å². The maximum atomic E-state index is 12.7. The Labute approximate surface area is 180 Å². The first kappa shape index (κ1) is 21.3. The summed E-state index contributed by atoms with van der Waals surface area (Å²) < 4.78 is 42.3. The van der Waals surface area contributed by atoms with Gasteiger partial charge in [-0.3, -0.25) is 4.99 Å². The number of hydrogen-bond donors (Lipinski definition) is 2. The highest BCUT2D eigenvalue weighted by molar-refractivity contribution is 5.81. The van der Waals surface area contributed by atoms with Crippen molar-refractivity contribution >= 4 is 11.6 Å². The molecule has 1 saturated carbocycles. The van der Waals surface area contributed by atoms with Gasteiger partial charge >= 0.3 is 6.36 Å². The van der Waals surface area contributed by atoms with Crippen molar-refractivity contribution < 1.29 is 17.9 Å². The molecule has 1 saturated heterocycles. The van der Waals surface area contributed by atoms with Crippen LogP contribution in [0.15, 0.2) is 59.6 Å². The van der Waals surface area contributed by atoms with Crippen molar-refractivity contribution in [3.8, 4) is 5.75 Å². The molecule has 1 heterocycles. The van der Waals surface area contributed by atoms with Gasteiger partial charge in [-0.2, -0.15) is 0 Å². The number of hydrogen-bond acceptors (Lipinski definition) is 3. The van der Waals surface area contributed by atoms with E-state index in [1.807, 2.05) is 6.07 Å². The fourth-order valence-corrected chi connectivity index (χ4v) is 4.16. The number of nitrogens with zero attached hydrogens (tertiary/aromatic N) is 2. The van der Waals surface area contributed by atoms with E-state index in [2.05, 4.69) is 49.5 Å². The third-order valence-corrected chi connectivity index (χ3v) is 5.84.